The molecular weight excluding hydrogens is 250 g/mol. The van der Waals surface area contributed by atoms with Gasteiger partial charge in [0.05, 0.1) is 0 Å². The highest BCUT2D eigenvalue weighted by Crippen LogP contribution is 2.30. The van der Waals surface area contributed by atoms with Gasteiger partial charge in [0.2, 0.25) is 0 Å². The summed E-state index contributed by atoms with van der Waals surface area (Å²) in [7, 11) is -3.50. The third-order valence-corrected chi connectivity index (χ3v) is 5.46. The van der Waals surface area contributed by atoms with E-state index in [1.54, 1.807) is 0 Å². The fourth-order valence-electron chi connectivity index (χ4n) is 2.30. The van der Waals surface area contributed by atoms with Crippen molar-refractivity contribution in [1.29, 1.82) is 0 Å². The quantitative estimate of drug-likeness (QED) is 0.760. The summed E-state index contributed by atoms with van der Waals surface area (Å²) in [6, 6.07) is 0. The largest absolute Gasteiger partial charge is 0.281 e. The van der Waals surface area contributed by atoms with Crippen molar-refractivity contribution in [1.82, 2.24) is 8.61 Å². The first kappa shape index (κ1) is 13.2. The molecule has 0 unspecified atom stereocenters. The molecule has 2 saturated heterocycles. The van der Waals surface area contributed by atoms with Gasteiger partial charge >= 0.3 is 0 Å². The minimum atomic E-state index is -3.50. The van der Waals surface area contributed by atoms with Crippen LogP contribution in [0.1, 0.15) is 32.1 Å². The first-order valence-electron chi connectivity index (χ1n) is 6.05. The molecule has 0 saturated carbocycles. The maximum absolute atomic E-state index is 13.0. The molecule has 0 bridgehead atoms. The van der Waals surface area contributed by atoms with Gasteiger partial charge in [-0.05, 0) is 12.8 Å². The molecule has 7 heteroatoms. The average molecular weight is 268 g/mol. The third kappa shape index (κ3) is 2.95. The van der Waals surface area contributed by atoms with E-state index in [9.17, 15) is 17.2 Å². The van der Waals surface area contributed by atoms with Gasteiger partial charge in [-0.3, -0.25) is 0 Å². The monoisotopic (exact) mass is 268 g/mol. The van der Waals surface area contributed by atoms with Crippen LogP contribution in [0.5, 0.6) is 0 Å². The highest BCUT2D eigenvalue weighted by Gasteiger charge is 2.40. The summed E-state index contributed by atoms with van der Waals surface area (Å²) in [6.07, 6.45) is 2.05. The summed E-state index contributed by atoms with van der Waals surface area (Å²) < 4.78 is 52.9. The molecular formula is C10H18F2N2O2S. The van der Waals surface area contributed by atoms with Crippen LogP contribution in [0.25, 0.3) is 0 Å². The van der Waals surface area contributed by atoms with Crippen LogP contribution in [0.3, 0.4) is 0 Å². The maximum Gasteiger partial charge on any atom is 0.281 e. The molecule has 0 amide bonds. The van der Waals surface area contributed by atoms with Crippen molar-refractivity contribution < 1.29 is 17.2 Å². The first-order chi connectivity index (χ1) is 7.92. The maximum atomic E-state index is 13.0. The predicted octanol–water partition coefficient (Wildman–Crippen LogP) is 1.45. The van der Waals surface area contributed by atoms with Crippen molar-refractivity contribution in [2.45, 2.75) is 38.0 Å². The van der Waals surface area contributed by atoms with E-state index in [0.717, 1.165) is 19.3 Å². The fraction of sp³-hybridized carbons (Fsp3) is 1.00. The second-order valence-corrected chi connectivity index (χ2v) is 6.65. The lowest BCUT2D eigenvalue weighted by molar-refractivity contribution is -0.0419. The summed E-state index contributed by atoms with van der Waals surface area (Å²) in [6.45, 7) is 0.919. The molecule has 0 atom stereocenters. The van der Waals surface area contributed by atoms with Crippen LogP contribution in [0, 0.1) is 0 Å². The molecule has 2 rings (SSSR count). The Hall–Kier alpha value is -0.270. The van der Waals surface area contributed by atoms with Crippen LogP contribution in [-0.2, 0) is 10.2 Å². The lowest BCUT2D eigenvalue weighted by atomic mass is 10.1. The van der Waals surface area contributed by atoms with Gasteiger partial charge < -0.3 is 0 Å². The van der Waals surface area contributed by atoms with E-state index in [-0.39, 0.29) is 25.9 Å². The zero-order valence-electron chi connectivity index (χ0n) is 9.74. The van der Waals surface area contributed by atoms with E-state index in [2.05, 4.69) is 0 Å². The molecule has 2 fully saturated rings. The van der Waals surface area contributed by atoms with Crippen molar-refractivity contribution in [2.24, 2.45) is 0 Å². The SMILES string of the molecule is O=S(=O)(N1CCCCC1)N1CCC(F)(F)CC1. The molecule has 0 spiro atoms. The molecule has 0 aliphatic carbocycles. The Morgan fingerprint density at radius 3 is 1.82 bits per heavy atom. The number of rotatable bonds is 2. The summed E-state index contributed by atoms with van der Waals surface area (Å²) in [5.41, 5.74) is 0. The summed E-state index contributed by atoms with van der Waals surface area (Å²) >= 11 is 0. The van der Waals surface area contributed by atoms with Crippen LogP contribution in [0.2, 0.25) is 0 Å². The zero-order chi connectivity index (χ0) is 12.5. The summed E-state index contributed by atoms with van der Waals surface area (Å²) in [5, 5.41) is 0. The molecule has 100 valence electrons. The van der Waals surface area contributed by atoms with Crippen LogP contribution in [-0.4, -0.2) is 49.1 Å². The molecule has 2 aliphatic heterocycles. The Labute approximate surface area is 101 Å². The molecule has 2 aliphatic rings. The Bertz CT molecular complexity index is 357. The van der Waals surface area contributed by atoms with Gasteiger partial charge in [0.15, 0.2) is 0 Å². The predicted molar refractivity (Wildman–Crippen MR) is 60.1 cm³/mol. The van der Waals surface area contributed by atoms with E-state index in [0.29, 0.717) is 13.1 Å². The van der Waals surface area contributed by atoms with Crippen molar-refractivity contribution in [2.75, 3.05) is 26.2 Å². The number of piperidine rings is 2. The standard InChI is InChI=1S/C10H18F2N2O2S/c11-10(12)4-8-14(9-5-10)17(15,16)13-6-2-1-3-7-13/h1-9H2. The highest BCUT2D eigenvalue weighted by molar-refractivity contribution is 7.86. The molecule has 4 nitrogen and oxygen atoms in total. The van der Waals surface area contributed by atoms with E-state index in [4.69, 9.17) is 0 Å². The Morgan fingerprint density at radius 2 is 1.29 bits per heavy atom. The van der Waals surface area contributed by atoms with Crippen molar-refractivity contribution in [3.8, 4) is 0 Å². The average Bonchev–Trinajstić information content (AvgIpc) is 2.29. The minimum absolute atomic E-state index is 0.0637. The van der Waals surface area contributed by atoms with Gasteiger partial charge in [0, 0.05) is 39.0 Å². The van der Waals surface area contributed by atoms with Gasteiger partial charge in [-0.15, -0.1) is 0 Å². The minimum Gasteiger partial charge on any atom is -0.207 e. The van der Waals surface area contributed by atoms with Crippen LogP contribution < -0.4 is 0 Å². The van der Waals surface area contributed by atoms with Gasteiger partial charge in [0.25, 0.3) is 16.1 Å². The second-order valence-electron chi connectivity index (χ2n) is 4.72. The third-order valence-electron chi connectivity index (χ3n) is 3.42. The van der Waals surface area contributed by atoms with E-state index in [1.165, 1.54) is 8.61 Å². The topological polar surface area (TPSA) is 40.6 Å². The van der Waals surface area contributed by atoms with Crippen molar-refractivity contribution in [3.05, 3.63) is 0 Å². The first-order valence-corrected chi connectivity index (χ1v) is 7.45. The highest BCUT2D eigenvalue weighted by atomic mass is 32.2. The lowest BCUT2D eigenvalue weighted by Gasteiger charge is -2.36. The van der Waals surface area contributed by atoms with Gasteiger partial charge in [-0.2, -0.15) is 17.0 Å². The van der Waals surface area contributed by atoms with Gasteiger partial charge in [-0.1, -0.05) is 6.42 Å². The number of hydrogen-bond donors (Lipinski definition) is 0. The molecule has 2 heterocycles. The molecule has 17 heavy (non-hydrogen) atoms. The molecule has 0 aromatic carbocycles. The molecule has 0 aromatic heterocycles. The fourth-order valence-corrected chi connectivity index (χ4v) is 3.99. The van der Waals surface area contributed by atoms with Crippen LogP contribution >= 0.6 is 0 Å². The number of nitrogens with zero attached hydrogens (tertiary/aromatic N) is 2. The molecule has 0 N–H and O–H groups in total. The van der Waals surface area contributed by atoms with Crippen molar-refractivity contribution >= 4 is 10.2 Å². The summed E-state index contributed by atoms with van der Waals surface area (Å²) in [5.74, 6) is -2.70. The Morgan fingerprint density at radius 1 is 0.824 bits per heavy atom. The van der Waals surface area contributed by atoms with E-state index in [1.807, 2.05) is 0 Å². The zero-order valence-corrected chi connectivity index (χ0v) is 10.6. The second kappa shape index (κ2) is 4.78. The van der Waals surface area contributed by atoms with Crippen LogP contribution in [0.15, 0.2) is 0 Å². The van der Waals surface area contributed by atoms with E-state index >= 15 is 0 Å². The van der Waals surface area contributed by atoms with E-state index < -0.39 is 16.1 Å². The number of halogens is 2. The smallest absolute Gasteiger partial charge is 0.207 e. The Kier molecular flexibility index (Phi) is 3.70. The summed E-state index contributed by atoms with van der Waals surface area (Å²) in [4.78, 5) is 0. The van der Waals surface area contributed by atoms with Gasteiger partial charge in [0.1, 0.15) is 0 Å². The number of hydrogen-bond acceptors (Lipinski definition) is 2. The van der Waals surface area contributed by atoms with Crippen LogP contribution in [0.4, 0.5) is 8.78 Å². The molecule has 0 aromatic rings. The molecule has 0 radical (unpaired) electrons. The van der Waals surface area contributed by atoms with Crippen molar-refractivity contribution in [3.63, 3.8) is 0 Å². The Balaban J connectivity index is 2.01. The normalized spacial score (nSPS) is 28.1. The number of alkyl halides is 2. The lowest BCUT2D eigenvalue weighted by Crippen LogP contribution is -2.50. The van der Waals surface area contributed by atoms with Gasteiger partial charge in [-0.25, -0.2) is 8.78 Å².